The van der Waals surface area contributed by atoms with Crippen molar-refractivity contribution in [1.29, 1.82) is 0 Å². The Kier molecular flexibility index (Phi) is 8.16. The Bertz CT molecular complexity index is 821. The number of methoxy groups -OCH3 is 1. The molecule has 1 N–H and O–H groups in total. The van der Waals surface area contributed by atoms with Gasteiger partial charge in [0.25, 0.3) is 5.91 Å². The van der Waals surface area contributed by atoms with Crippen LogP contribution in [0.15, 0.2) is 59.5 Å². The molecule has 1 heterocycles. The van der Waals surface area contributed by atoms with E-state index >= 15 is 0 Å². The fourth-order valence-electron chi connectivity index (χ4n) is 3.46. The highest BCUT2D eigenvalue weighted by Gasteiger charge is 2.26. The molecule has 1 saturated heterocycles. The van der Waals surface area contributed by atoms with Crippen LogP contribution < -0.4 is 14.5 Å². The molecular formula is C23H30N3O3S+. The van der Waals surface area contributed by atoms with Crippen LogP contribution >= 0.6 is 11.8 Å². The van der Waals surface area contributed by atoms with Crippen molar-refractivity contribution in [3.8, 4) is 5.75 Å². The van der Waals surface area contributed by atoms with E-state index < -0.39 is 0 Å². The van der Waals surface area contributed by atoms with E-state index in [2.05, 4.69) is 0 Å². The fourth-order valence-corrected chi connectivity index (χ4v) is 4.30. The van der Waals surface area contributed by atoms with Crippen LogP contribution in [0.4, 0.5) is 5.69 Å². The number of piperazine rings is 1. The highest BCUT2D eigenvalue weighted by molar-refractivity contribution is 7.99. The van der Waals surface area contributed by atoms with Gasteiger partial charge in [0, 0.05) is 29.8 Å². The molecule has 0 unspecified atom stereocenters. The topological polar surface area (TPSA) is 54.3 Å². The van der Waals surface area contributed by atoms with Crippen molar-refractivity contribution in [3.05, 3.63) is 54.6 Å². The molecule has 2 aromatic rings. The smallest absolute Gasteiger partial charge is 0.281 e. The number of hydrogen-bond acceptors (Lipinski definition) is 4. The molecule has 0 spiro atoms. The van der Waals surface area contributed by atoms with Crippen LogP contribution in [-0.2, 0) is 9.59 Å². The third-order valence-electron chi connectivity index (χ3n) is 5.39. The van der Waals surface area contributed by atoms with Gasteiger partial charge in [-0.05, 0) is 36.4 Å². The van der Waals surface area contributed by atoms with Gasteiger partial charge in [0.1, 0.15) is 5.75 Å². The van der Waals surface area contributed by atoms with E-state index in [1.54, 1.807) is 23.8 Å². The number of ether oxygens (including phenoxy) is 1. The number of amides is 2. The van der Waals surface area contributed by atoms with Crippen molar-refractivity contribution in [2.45, 2.75) is 11.3 Å². The normalized spacial score (nSPS) is 14.4. The van der Waals surface area contributed by atoms with Crippen LogP contribution in [0.5, 0.6) is 5.75 Å². The lowest BCUT2D eigenvalue weighted by Gasteiger charge is -2.32. The van der Waals surface area contributed by atoms with Crippen LogP contribution in [0, 0.1) is 0 Å². The third-order valence-corrected chi connectivity index (χ3v) is 6.40. The molecule has 30 heavy (non-hydrogen) atoms. The van der Waals surface area contributed by atoms with Crippen molar-refractivity contribution in [2.75, 3.05) is 57.5 Å². The maximum absolute atomic E-state index is 12.6. The maximum atomic E-state index is 12.6. The molecular weight excluding hydrogens is 398 g/mol. The molecule has 0 aromatic heterocycles. The van der Waals surface area contributed by atoms with Gasteiger partial charge in [-0.25, -0.2) is 0 Å². The molecule has 1 aliphatic heterocycles. The van der Waals surface area contributed by atoms with Gasteiger partial charge in [-0.2, -0.15) is 0 Å². The average molecular weight is 429 g/mol. The summed E-state index contributed by atoms with van der Waals surface area (Å²) in [6.45, 7) is 3.51. The first-order valence-electron chi connectivity index (χ1n) is 10.3. The summed E-state index contributed by atoms with van der Waals surface area (Å²) < 4.78 is 5.16. The number of para-hydroxylation sites is 1. The second-order valence-corrected chi connectivity index (χ2v) is 8.54. The van der Waals surface area contributed by atoms with Crippen LogP contribution in [0.3, 0.4) is 0 Å². The Morgan fingerprint density at radius 1 is 1.07 bits per heavy atom. The number of carbonyl (C=O) groups excluding carboxylic acids is 2. The van der Waals surface area contributed by atoms with E-state index in [-0.39, 0.29) is 11.8 Å². The van der Waals surface area contributed by atoms with E-state index in [1.165, 1.54) is 4.90 Å². The first-order valence-corrected chi connectivity index (χ1v) is 11.2. The predicted octanol–water partition coefficient (Wildman–Crippen LogP) is 1.57. The first kappa shape index (κ1) is 22.2. The Balaban J connectivity index is 1.37. The standard InChI is InChI=1S/C23H29N3O3S/c1-24(19-6-4-3-5-7-19)23(28)18-25-13-15-26(16-14-25)22(27)12-17-30-21-10-8-20(29-2)9-11-21/h3-11H,12-18H2,1-2H3/p+1. The minimum atomic E-state index is 0.104. The number of thioether (sulfide) groups is 1. The van der Waals surface area contributed by atoms with Gasteiger partial charge < -0.3 is 19.4 Å². The molecule has 0 bridgehead atoms. The summed E-state index contributed by atoms with van der Waals surface area (Å²) >= 11 is 1.68. The minimum Gasteiger partial charge on any atom is -0.497 e. The lowest BCUT2D eigenvalue weighted by atomic mass is 10.2. The van der Waals surface area contributed by atoms with Crippen molar-refractivity contribution in [3.63, 3.8) is 0 Å². The quantitative estimate of drug-likeness (QED) is 0.649. The monoisotopic (exact) mass is 428 g/mol. The number of anilines is 1. The summed E-state index contributed by atoms with van der Waals surface area (Å²) in [5, 5.41) is 0. The van der Waals surface area contributed by atoms with Gasteiger partial charge in [0.15, 0.2) is 6.54 Å². The molecule has 6 nitrogen and oxygen atoms in total. The number of nitrogens with one attached hydrogen (secondary N) is 1. The van der Waals surface area contributed by atoms with Crippen molar-refractivity contribution in [2.24, 2.45) is 0 Å². The number of quaternary nitrogens is 1. The molecule has 2 aromatic carbocycles. The zero-order valence-electron chi connectivity index (χ0n) is 17.7. The van der Waals surface area contributed by atoms with Crippen molar-refractivity contribution < 1.29 is 19.2 Å². The molecule has 2 amide bonds. The largest absolute Gasteiger partial charge is 0.497 e. The zero-order valence-corrected chi connectivity index (χ0v) is 18.5. The van der Waals surface area contributed by atoms with Gasteiger partial charge in [-0.1, -0.05) is 18.2 Å². The van der Waals surface area contributed by atoms with Crippen molar-refractivity contribution in [1.82, 2.24) is 4.90 Å². The van der Waals surface area contributed by atoms with E-state index in [4.69, 9.17) is 4.74 Å². The number of hydrogen-bond donors (Lipinski definition) is 1. The minimum absolute atomic E-state index is 0.104. The number of benzene rings is 2. The molecule has 0 saturated carbocycles. The van der Waals surface area contributed by atoms with Crippen LogP contribution in [0.2, 0.25) is 0 Å². The number of carbonyl (C=O) groups is 2. The molecule has 1 aliphatic rings. The Hall–Kier alpha value is -2.51. The second-order valence-electron chi connectivity index (χ2n) is 7.37. The molecule has 0 radical (unpaired) electrons. The molecule has 0 aliphatic carbocycles. The summed E-state index contributed by atoms with van der Waals surface area (Å²) in [5.74, 6) is 1.90. The van der Waals surface area contributed by atoms with Crippen molar-refractivity contribution >= 4 is 29.3 Å². The van der Waals surface area contributed by atoms with E-state index in [1.807, 2.05) is 66.5 Å². The summed E-state index contributed by atoms with van der Waals surface area (Å²) in [7, 11) is 3.47. The number of rotatable bonds is 8. The SMILES string of the molecule is COc1ccc(SCCC(=O)N2CC[NH+](CC(=O)N(C)c3ccccc3)CC2)cc1. The van der Waals surface area contributed by atoms with Gasteiger partial charge in [0.2, 0.25) is 5.91 Å². The van der Waals surface area contributed by atoms with E-state index in [0.29, 0.717) is 26.1 Å². The molecule has 160 valence electrons. The van der Waals surface area contributed by atoms with Gasteiger partial charge >= 0.3 is 0 Å². The van der Waals surface area contributed by atoms with Gasteiger partial charge in [-0.15, -0.1) is 11.8 Å². The maximum Gasteiger partial charge on any atom is 0.281 e. The average Bonchev–Trinajstić information content (AvgIpc) is 2.80. The highest BCUT2D eigenvalue weighted by atomic mass is 32.2. The Morgan fingerprint density at radius 2 is 1.73 bits per heavy atom. The molecule has 0 atom stereocenters. The second kappa shape index (κ2) is 11.0. The van der Waals surface area contributed by atoms with Crippen LogP contribution in [0.1, 0.15) is 6.42 Å². The van der Waals surface area contributed by atoms with Crippen LogP contribution in [0.25, 0.3) is 0 Å². The molecule has 1 fully saturated rings. The third kappa shape index (κ3) is 6.24. The van der Waals surface area contributed by atoms with Crippen LogP contribution in [-0.4, -0.2) is 69.3 Å². The summed E-state index contributed by atoms with van der Waals surface area (Å²) in [6.07, 6.45) is 0.529. The number of likely N-dealkylation sites (N-methyl/N-ethyl adjacent to an activating group) is 1. The van der Waals surface area contributed by atoms with E-state index in [0.717, 1.165) is 35.2 Å². The first-order chi connectivity index (χ1) is 14.6. The van der Waals surface area contributed by atoms with Gasteiger partial charge in [-0.3, -0.25) is 9.59 Å². The lowest BCUT2D eigenvalue weighted by molar-refractivity contribution is -0.895. The Labute approximate surface area is 182 Å². The fraction of sp³-hybridized carbons (Fsp3) is 0.391. The Morgan fingerprint density at radius 3 is 2.37 bits per heavy atom. The summed E-state index contributed by atoms with van der Waals surface area (Å²) in [5.41, 5.74) is 0.907. The van der Waals surface area contributed by atoms with E-state index in [9.17, 15) is 9.59 Å². The summed E-state index contributed by atoms with van der Waals surface area (Å²) in [6, 6.07) is 17.6. The molecule has 7 heteroatoms. The summed E-state index contributed by atoms with van der Waals surface area (Å²) in [4.78, 5) is 31.1. The van der Waals surface area contributed by atoms with Gasteiger partial charge in [0.05, 0.1) is 33.3 Å². The predicted molar refractivity (Wildman–Crippen MR) is 120 cm³/mol. The molecule has 3 rings (SSSR count). The number of nitrogens with zero attached hydrogens (tertiary/aromatic N) is 2. The zero-order chi connectivity index (χ0) is 21.3. The lowest BCUT2D eigenvalue weighted by Crippen LogP contribution is -3.15. The highest BCUT2D eigenvalue weighted by Crippen LogP contribution is 2.22.